The van der Waals surface area contributed by atoms with Gasteiger partial charge in [0.15, 0.2) is 6.61 Å². The molecule has 0 saturated heterocycles. The summed E-state index contributed by atoms with van der Waals surface area (Å²) in [6.45, 7) is 1.81. The van der Waals surface area contributed by atoms with Gasteiger partial charge in [-0.1, -0.05) is 29.3 Å². The number of carbonyl (C=O) groups is 1. The van der Waals surface area contributed by atoms with E-state index in [1.807, 2.05) is 13.0 Å². The summed E-state index contributed by atoms with van der Waals surface area (Å²) in [5, 5.41) is 3.91. The molecule has 0 aliphatic heterocycles. The molecule has 0 spiro atoms. The van der Waals surface area contributed by atoms with Gasteiger partial charge in [0.1, 0.15) is 5.75 Å². The Hall–Kier alpha value is -1.71. The molecule has 0 bridgehead atoms. The van der Waals surface area contributed by atoms with Crippen molar-refractivity contribution in [2.45, 2.75) is 6.92 Å². The molecule has 5 heteroatoms. The first kappa shape index (κ1) is 14.7. The van der Waals surface area contributed by atoms with Crippen molar-refractivity contribution in [1.29, 1.82) is 0 Å². The summed E-state index contributed by atoms with van der Waals surface area (Å²) >= 11 is 11.7. The van der Waals surface area contributed by atoms with Crippen LogP contribution in [0.3, 0.4) is 0 Å². The minimum atomic E-state index is -0.244. The summed E-state index contributed by atoms with van der Waals surface area (Å²) in [6, 6.07) is 12.2. The Morgan fingerprint density at radius 1 is 1.10 bits per heavy atom. The molecule has 2 aromatic carbocycles. The molecular weight excluding hydrogens is 297 g/mol. The Bertz CT molecular complexity index is 612. The van der Waals surface area contributed by atoms with Crippen LogP contribution in [-0.4, -0.2) is 12.5 Å². The molecule has 0 saturated carbocycles. The minimum Gasteiger partial charge on any atom is -0.483 e. The number of aryl methyl sites for hydroxylation is 1. The van der Waals surface area contributed by atoms with Crippen molar-refractivity contribution in [3.05, 3.63) is 58.1 Å². The highest BCUT2D eigenvalue weighted by Crippen LogP contribution is 2.22. The summed E-state index contributed by atoms with van der Waals surface area (Å²) in [5.41, 5.74) is 1.60. The highest BCUT2D eigenvalue weighted by molar-refractivity contribution is 6.31. The van der Waals surface area contributed by atoms with E-state index >= 15 is 0 Å². The molecule has 0 radical (unpaired) electrons. The van der Waals surface area contributed by atoms with Gasteiger partial charge in [0.25, 0.3) is 5.91 Å². The van der Waals surface area contributed by atoms with Crippen LogP contribution in [0.2, 0.25) is 10.0 Å². The number of rotatable bonds is 4. The lowest BCUT2D eigenvalue weighted by Gasteiger charge is -2.10. The van der Waals surface area contributed by atoms with E-state index in [9.17, 15) is 4.79 Å². The van der Waals surface area contributed by atoms with Gasteiger partial charge in [-0.2, -0.15) is 0 Å². The predicted molar refractivity (Wildman–Crippen MR) is 81.8 cm³/mol. The molecule has 2 rings (SSSR count). The van der Waals surface area contributed by atoms with Crippen molar-refractivity contribution in [3.63, 3.8) is 0 Å². The van der Waals surface area contributed by atoms with Crippen molar-refractivity contribution < 1.29 is 9.53 Å². The van der Waals surface area contributed by atoms with Crippen LogP contribution in [0.1, 0.15) is 5.56 Å². The van der Waals surface area contributed by atoms with E-state index in [-0.39, 0.29) is 12.5 Å². The first-order valence-corrected chi connectivity index (χ1v) is 6.74. The van der Waals surface area contributed by atoms with Crippen LogP contribution in [-0.2, 0) is 4.79 Å². The number of hydrogen-bond donors (Lipinski definition) is 1. The molecule has 0 unspecified atom stereocenters. The second-order valence-corrected chi connectivity index (χ2v) is 5.13. The molecule has 0 heterocycles. The van der Waals surface area contributed by atoms with E-state index in [4.69, 9.17) is 27.9 Å². The monoisotopic (exact) mass is 309 g/mol. The second kappa shape index (κ2) is 6.64. The lowest BCUT2D eigenvalue weighted by Crippen LogP contribution is -2.20. The zero-order valence-corrected chi connectivity index (χ0v) is 12.3. The Morgan fingerprint density at radius 2 is 1.75 bits per heavy atom. The topological polar surface area (TPSA) is 38.3 Å². The number of anilines is 1. The van der Waals surface area contributed by atoms with E-state index in [0.717, 1.165) is 5.56 Å². The fraction of sp³-hybridized carbons (Fsp3) is 0.133. The number of carbonyl (C=O) groups excluding carboxylic acids is 1. The number of ether oxygens (including phenoxy) is 1. The van der Waals surface area contributed by atoms with E-state index in [1.165, 1.54) is 0 Å². The number of hydrogen-bond acceptors (Lipinski definition) is 2. The maximum absolute atomic E-state index is 11.8. The van der Waals surface area contributed by atoms with Crippen LogP contribution in [0.4, 0.5) is 5.69 Å². The van der Waals surface area contributed by atoms with Crippen LogP contribution in [0.25, 0.3) is 0 Å². The summed E-state index contributed by atoms with van der Waals surface area (Å²) < 4.78 is 5.45. The van der Waals surface area contributed by atoms with Gasteiger partial charge >= 0.3 is 0 Å². The van der Waals surface area contributed by atoms with E-state index in [0.29, 0.717) is 21.5 Å². The fourth-order valence-electron chi connectivity index (χ4n) is 1.60. The number of benzene rings is 2. The van der Waals surface area contributed by atoms with Gasteiger partial charge in [0.2, 0.25) is 0 Å². The third-order valence-corrected chi connectivity index (χ3v) is 3.12. The van der Waals surface area contributed by atoms with Gasteiger partial charge in [0.05, 0.1) is 0 Å². The van der Waals surface area contributed by atoms with Crippen molar-refractivity contribution >= 4 is 34.8 Å². The number of nitrogens with one attached hydrogen (secondary N) is 1. The van der Waals surface area contributed by atoms with Crippen molar-refractivity contribution in [2.24, 2.45) is 0 Å². The quantitative estimate of drug-likeness (QED) is 0.913. The molecule has 3 nitrogen and oxygen atoms in total. The molecular formula is C15H13Cl2NO2. The molecule has 0 atom stereocenters. The van der Waals surface area contributed by atoms with Crippen LogP contribution < -0.4 is 10.1 Å². The fourth-order valence-corrected chi connectivity index (χ4v) is 1.89. The Labute approximate surface area is 127 Å². The van der Waals surface area contributed by atoms with Gasteiger partial charge in [0, 0.05) is 15.7 Å². The maximum atomic E-state index is 11.8. The van der Waals surface area contributed by atoms with Crippen molar-refractivity contribution in [1.82, 2.24) is 0 Å². The Kier molecular flexibility index (Phi) is 4.88. The van der Waals surface area contributed by atoms with Crippen LogP contribution >= 0.6 is 23.2 Å². The summed E-state index contributed by atoms with van der Waals surface area (Å²) in [6.07, 6.45) is 0. The smallest absolute Gasteiger partial charge is 0.262 e. The summed E-state index contributed by atoms with van der Waals surface area (Å²) in [4.78, 5) is 11.8. The van der Waals surface area contributed by atoms with E-state index in [2.05, 4.69) is 5.32 Å². The van der Waals surface area contributed by atoms with Gasteiger partial charge in [-0.15, -0.1) is 0 Å². The Morgan fingerprint density at radius 3 is 2.45 bits per heavy atom. The lowest BCUT2D eigenvalue weighted by molar-refractivity contribution is -0.118. The van der Waals surface area contributed by atoms with Crippen LogP contribution in [0, 0.1) is 6.92 Å². The zero-order chi connectivity index (χ0) is 14.5. The molecule has 1 amide bonds. The normalized spacial score (nSPS) is 10.2. The largest absolute Gasteiger partial charge is 0.483 e. The molecule has 0 aliphatic rings. The average molecular weight is 310 g/mol. The highest BCUT2D eigenvalue weighted by Gasteiger charge is 2.06. The summed E-state index contributed by atoms with van der Waals surface area (Å²) in [7, 11) is 0. The van der Waals surface area contributed by atoms with E-state index in [1.54, 1.807) is 36.4 Å². The molecule has 0 fully saturated rings. The van der Waals surface area contributed by atoms with Crippen molar-refractivity contribution in [2.75, 3.05) is 11.9 Å². The van der Waals surface area contributed by atoms with Gasteiger partial charge < -0.3 is 10.1 Å². The van der Waals surface area contributed by atoms with Gasteiger partial charge in [-0.3, -0.25) is 4.79 Å². The standard InChI is InChI=1S/C15H13Cl2NO2/c1-10-2-3-12(17)8-14(10)20-9-15(19)18-13-6-4-11(16)5-7-13/h2-8H,9H2,1H3,(H,18,19). The average Bonchev–Trinajstić information content (AvgIpc) is 2.42. The third-order valence-electron chi connectivity index (χ3n) is 2.64. The van der Waals surface area contributed by atoms with E-state index < -0.39 is 0 Å². The first-order chi connectivity index (χ1) is 9.54. The second-order valence-electron chi connectivity index (χ2n) is 4.25. The highest BCUT2D eigenvalue weighted by atomic mass is 35.5. The Balaban J connectivity index is 1.92. The summed E-state index contributed by atoms with van der Waals surface area (Å²) in [5.74, 6) is 0.357. The molecule has 20 heavy (non-hydrogen) atoms. The molecule has 2 aromatic rings. The van der Waals surface area contributed by atoms with Gasteiger partial charge in [-0.05, 0) is 48.9 Å². The lowest BCUT2D eigenvalue weighted by atomic mass is 10.2. The van der Waals surface area contributed by atoms with Crippen LogP contribution in [0.5, 0.6) is 5.75 Å². The number of amides is 1. The predicted octanol–water partition coefficient (Wildman–Crippen LogP) is 4.32. The van der Waals surface area contributed by atoms with Gasteiger partial charge in [-0.25, -0.2) is 0 Å². The third kappa shape index (κ3) is 4.15. The minimum absolute atomic E-state index is 0.0796. The first-order valence-electron chi connectivity index (χ1n) is 5.99. The molecule has 1 N–H and O–H groups in total. The van der Waals surface area contributed by atoms with Crippen molar-refractivity contribution in [3.8, 4) is 5.75 Å². The molecule has 104 valence electrons. The maximum Gasteiger partial charge on any atom is 0.262 e. The number of halogens is 2. The zero-order valence-electron chi connectivity index (χ0n) is 10.8. The van der Waals surface area contributed by atoms with Crippen LogP contribution in [0.15, 0.2) is 42.5 Å². The molecule has 0 aliphatic carbocycles. The SMILES string of the molecule is Cc1ccc(Cl)cc1OCC(=O)Nc1ccc(Cl)cc1. The molecule has 0 aromatic heterocycles.